The summed E-state index contributed by atoms with van der Waals surface area (Å²) >= 11 is 12.6. The van der Waals surface area contributed by atoms with Crippen LogP contribution in [0.4, 0.5) is 11.4 Å². The van der Waals surface area contributed by atoms with Crippen LogP contribution < -0.4 is 10.2 Å². The highest BCUT2D eigenvalue weighted by molar-refractivity contribution is 6.35. The van der Waals surface area contributed by atoms with Crippen molar-refractivity contribution < 1.29 is 0 Å². The smallest absolute Gasteiger partial charge is 0.101 e. The van der Waals surface area contributed by atoms with Gasteiger partial charge < -0.3 is 15.1 Å². The first-order valence-corrected chi connectivity index (χ1v) is 15.8. The summed E-state index contributed by atoms with van der Waals surface area (Å²) in [5.74, 6) is 0.976. The SMILES string of the molecule is C=CCC1(CC=C)CN(Cc2ccc(Cl)cc2Cl)C(=C)N(c2ccc(C)cc2)C1.CNc1ccc(Cc2ccccc2)cc1. The summed E-state index contributed by atoms with van der Waals surface area (Å²) < 4.78 is 0. The van der Waals surface area contributed by atoms with E-state index in [9.17, 15) is 0 Å². The van der Waals surface area contributed by atoms with Crippen molar-refractivity contribution in [2.75, 3.05) is 30.4 Å². The van der Waals surface area contributed by atoms with Crippen LogP contribution in [-0.2, 0) is 13.0 Å². The van der Waals surface area contributed by atoms with Gasteiger partial charge in [0, 0.05) is 53.5 Å². The average Bonchev–Trinajstić information content (AvgIpc) is 3.02. The minimum atomic E-state index is 0.00841. The van der Waals surface area contributed by atoms with Crippen LogP contribution in [0.2, 0.25) is 10.0 Å². The highest BCUT2D eigenvalue weighted by atomic mass is 35.5. The monoisotopic (exact) mass is 623 g/mol. The molecular formula is C39H43Cl2N3. The Balaban J connectivity index is 0.000000246. The van der Waals surface area contributed by atoms with Gasteiger partial charge in [-0.15, -0.1) is 13.2 Å². The second-order valence-corrected chi connectivity index (χ2v) is 12.4. The summed E-state index contributed by atoms with van der Waals surface area (Å²) in [5, 5.41) is 4.44. The van der Waals surface area contributed by atoms with E-state index in [4.69, 9.17) is 23.2 Å². The number of nitrogens with zero attached hydrogens (tertiary/aromatic N) is 2. The number of rotatable bonds is 10. The average molecular weight is 625 g/mol. The van der Waals surface area contributed by atoms with Gasteiger partial charge in [0.2, 0.25) is 0 Å². The van der Waals surface area contributed by atoms with Crippen LogP contribution in [0.5, 0.6) is 0 Å². The molecule has 4 aromatic carbocycles. The summed E-state index contributed by atoms with van der Waals surface area (Å²) in [6.45, 7) is 17.0. The molecule has 1 N–H and O–H groups in total. The normalized spacial score (nSPS) is 14.0. The number of benzene rings is 4. The molecular weight excluding hydrogens is 581 g/mol. The fraction of sp³-hybridized carbons (Fsp3) is 0.231. The van der Waals surface area contributed by atoms with Crippen molar-refractivity contribution in [2.45, 2.75) is 32.7 Å². The standard InChI is InChI=1S/C25H28Cl2N2.C14H15N/c1-5-13-25(14-6-2)17-28(16-21-9-10-22(26)15-24(21)27)20(4)29(18-25)23-11-7-19(3)8-12-23;1-15-14-9-7-13(8-10-14)11-12-5-3-2-4-6-12/h5-12,15H,1-2,4,13-14,16-18H2,3H3;2-10,15H,11H2,1H3. The molecule has 1 saturated heterocycles. The van der Waals surface area contributed by atoms with E-state index >= 15 is 0 Å². The lowest BCUT2D eigenvalue weighted by Crippen LogP contribution is -2.53. The van der Waals surface area contributed by atoms with Gasteiger partial charge in [0.25, 0.3) is 0 Å². The molecule has 44 heavy (non-hydrogen) atoms. The van der Waals surface area contributed by atoms with Gasteiger partial charge >= 0.3 is 0 Å². The maximum Gasteiger partial charge on any atom is 0.101 e. The van der Waals surface area contributed by atoms with E-state index in [0.717, 1.165) is 55.1 Å². The number of anilines is 2. The Kier molecular flexibility index (Phi) is 11.8. The molecule has 1 fully saturated rings. The van der Waals surface area contributed by atoms with Crippen LogP contribution in [0.15, 0.2) is 135 Å². The fourth-order valence-corrected chi connectivity index (χ4v) is 6.15. The van der Waals surface area contributed by atoms with Crippen LogP contribution in [0.1, 0.15) is 35.1 Å². The highest BCUT2D eigenvalue weighted by Gasteiger charge is 2.39. The first-order valence-electron chi connectivity index (χ1n) is 15.0. The lowest BCUT2D eigenvalue weighted by Gasteiger charge is -2.50. The Morgan fingerprint density at radius 3 is 2.05 bits per heavy atom. The first kappa shape index (κ1) is 33.0. The topological polar surface area (TPSA) is 18.5 Å². The van der Waals surface area contributed by atoms with Crippen LogP contribution in [0, 0.1) is 12.3 Å². The van der Waals surface area contributed by atoms with Crippen molar-refractivity contribution in [2.24, 2.45) is 5.41 Å². The van der Waals surface area contributed by atoms with Crippen LogP contribution in [0.25, 0.3) is 0 Å². The largest absolute Gasteiger partial charge is 0.388 e. The number of allylic oxidation sites excluding steroid dienone is 2. The molecule has 0 spiro atoms. The molecule has 0 aliphatic carbocycles. The molecule has 0 amide bonds. The molecule has 0 atom stereocenters. The van der Waals surface area contributed by atoms with E-state index in [0.29, 0.717) is 16.6 Å². The summed E-state index contributed by atoms with van der Waals surface area (Å²) in [7, 11) is 1.94. The third-order valence-corrected chi connectivity index (χ3v) is 8.65. The van der Waals surface area contributed by atoms with Crippen molar-refractivity contribution in [3.05, 3.63) is 167 Å². The van der Waals surface area contributed by atoms with Crippen molar-refractivity contribution in [3.8, 4) is 0 Å². The molecule has 4 aromatic rings. The first-order chi connectivity index (χ1) is 21.3. The maximum absolute atomic E-state index is 6.47. The van der Waals surface area contributed by atoms with Crippen LogP contribution >= 0.6 is 23.2 Å². The fourth-order valence-electron chi connectivity index (χ4n) is 5.69. The molecule has 0 saturated carbocycles. The molecule has 0 aromatic heterocycles. The van der Waals surface area contributed by atoms with Crippen LogP contribution in [0.3, 0.4) is 0 Å². The molecule has 3 nitrogen and oxygen atoms in total. The lowest BCUT2D eigenvalue weighted by molar-refractivity contribution is 0.145. The van der Waals surface area contributed by atoms with E-state index in [1.54, 1.807) is 6.07 Å². The molecule has 5 rings (SSSR count). The van der Waals surface area contributed by atoms with Crippen molar-refractivity contribution in [3.63, 3.8) is 0 Å². The van der Waals surface area contributed by atoms with E-state index in [-0.39, 0.29) is 5.41 Å². The Morgan fingerprint density at radius 1 is 0.818 bits per heavy atom. The summed E-state index contributed by atoms with van der Waals surface area (Å²) in [4.78, 5) is 4.62. The van der Waals surface area contributed by atoms with Gasteiger partial charge in [-0.3, -0.25) is 0 Å². The second kappa shape index (κ2) is 15.7. The van der Waals surface area contributed by atoms with Gasteiger partial charge in [0.05, 0.1) is 0 Å². The Hall–Kier alpha value is -3.92. The highest BCUT2D eigenvalue weighted by Crippen LogP contribution is 2.40. The van der Waals surface area contributed by atoms with E-state index < -0.39 is 0 Å². The minimum absolute atomic E-state index is 0.00841. The van der Waals surface area contributed by atoms with Gasteiger partial charge in [0.1, 0.15) is 5.82 Å². The van der Waals surface area contributed by atoms with E-state index in [1.165, 1.54) is 16.7 Å². The third kappa shape index (κ3) is 8.81. The van der Waals surface area contributed by atoms with Gasteiger partial charge in [-0.1, -0.05) is 108 Å². The van der Waals surface area contributed by atoms with Gasteiger partial charge in [-0.25, -0.2) is 0 Å². The molecule has 1 aliphatic heterocycles. The third-order valence-electron chi connectivity index (χ3n) is 8.07. The zero-order chi connectivity index (χ0) is 31.5. The van der Waals surface area contributed by atoms with E-state index in [2.05, 4.69) is 115 Å². The predicted molar refractivity (Wildman–Crippen MR) is 192 cm³/mol. The quantitative estimate of drug-likeness (QED) is 0.177. The van der Waals surface area contributed by atoms with Crippen molar-refractivity contribution in [1.29, 1.82) is 0 Å². The van der Waals surface area contributed by atoms with E-state index in [1.807, 2.05) is 37.4 Å². The molecule has 228 valence electrons. The van der Waals surface area contributed by atoms with Gasteiger partial charge in [-0.2, -0.15) is 0 Å². The number of hydrogen-bond donors (Lipinski definition) is 1. The number of halogens is 2. The number of aryl methyl sites for hydroxylation is 1. The zero-order valence-electron chi connectivity index (χ0n) is 25.9. The predicted octanol–water partition coefficient (Wildman–Crippen LogP) is 10.6. The number of nitrogens with one attached hydrogen (secondary N) is 1. The zero-order valence-corrected chi connectivity index (χ0v) is 27.4. The molecule has 1 aliphatic rings. The molecule has 5 heteroatoms. The molecule has 0 bridgehead atoms. The molecule has 1 heterocycles. The summed E-state index contributed by atoms with van der Waals surface area (Å²) in [5.41, 5.74) is 7.29. The van der Waals surface area contributed by atoms with Crippen molar-refractivity contribution >= 4 is 34.6 Å². The Labute approximate surface area is 274 Å². The van der Waals surface area contributed by atoms with Crippen LogP contribution in [-0.4, -0.2) is 25.0 Å². The molecule has 0 unspecified atom stereocenters. The van der Waals surface area contributed by atoms with Gasteiger partial charge in [0.15, 0.2) is 0 Å². The Bertz CT molecular complexity index is 1520. The van der Waals surface area contributed by atoms with Gasteiger partial charge in [-0.05, 0) is 79.3 Å². The summed E-state index contributed by atoms with van der Waals surface area (Å²) in [6.07, 6.45) is 6.83. The second-order valence-electron chi connectivity index (χ2n) is 11.5. The minimum Gasteiger partial charge on any atom is -0.388 e. The summed E-state index contributed by atoms with van der Waals surface area (Å²) in [6, 6.07) is 33.3. The Morgan fingerprint density at radius 2 is 1.45 bits per heavy atom. The van der Waals surface area contributed by atoms with Crippen molar-refractivity contribution in [1.82, 2.24) is 4.90 Å². The maximum atomic E-state index is 6.47. The number of hydrogen-bond acceptors (Lipinski definition) is 3. The lowest BCUT2D eigenvalue weighted by atomic mass is 9.78. The molecule has 0 radical (unpaired) electrons.